The number of hydrogen-bond acceptors (Lipinski definition) is 2. The molecule has 0 unspecified atom stereocenters. The predicted molar refractivity (Wildman–Crippen MR) is 103 cm³/mol. The number of nitrogens with one attached hydrogen (secondary N) is 1. The fourth-order valence-electron chi connectivity index (χ4n) is 2.25. The Morgan fingerprint density at radius 1 is 1.07 bits per heavy atom. The van der Waals surface area contributed by atoms with Gasteiger partial charge < -0.3 is 10.2 Å². The second-order valence-corrected chi connectivity index (χ2v) is 6.61. The summed E-state index contributed by atoms with van der Waals surface area (Å²) in [5, 5.41) is 3.02. The normalized spacial score (nSPS) is 11.9. The molecule has 0 aliphatic rings. The predicted octanol–water partition coefficient (Wildman–Crippen LogP) is 5.04. The summed E-state index contributed by atoms with van der Waals surface area (Å²) < 4.78 is 39.9. The van der Waals surface area contributed by atoms with Crippen molar-refractivity contribution in [2.75, 3.05) is 18.9 Å². The average Bonchev–Trinajstić information content (AvgIpc) is 2.62. The van der Waals surface area contributed by atoms with Crippen LogP contribution in [0.2, 0.25) is 10.0 Å². The maximum Gasteiger partial charge on any atom is 0.417 e. The molecule has 0 radical (unpaired) electrons. The Bertz CT molecular complexity index is 900. The molecule has 0 fully saturated rings. The van der Waals surface area contributed by atoms with Crippen LogP contribution in [0.15, 0.2) is 54.6 Å². The van der Waals surface area contributed by atoms with Gasteiger partial charge in [0, 0.05) is 18.8 Å². The molecule has 4 nitrogen and oxygen atoms in total. The lowest BCUT2D eigenvalue weighted by atomic mass is 10.0. The molecule has 0 spiro atoms. The van der Waals surface area contributed by atoms with Gasteiger partial charge in [-0.05, 0) is 23.8 Å². The Hall–Kier alpha value is -2.51. The van der Waals surface area contributed by atoms with E-state index in [2.05, 4.69) is 5.32 Å². The number of carbonyl (C=O) groups is 2. The SMILES string of the molecule is CN(CC(=O)Nc1ccc(Cl)c(Cl)c1)C(=O)/C=C(/c1ccccc1)C(F)(F)F. The Labute approximate surface area is 169 Å². The molecule has 28 heavy (non-hydrogen) atoms. The summed E-state index contributed by atoms with van der Waals surface area (Å²) >= 11 is 11.6. The van der Waals surface area contributed by atoms with Crippen LogP contribution in [-0.2, 0) is 9.59 Å². The highest BCUT2D eigenvalue weighted by Crippen LogP contribution is 2.33. The quantitative estimate of drug-likeness (QED) is 0.675. The fraction of sp³-hybridized carbons (Fsp3) is 0.158. The van der Waals surface area contributed by atoms with E-state index in [0.29, 0.717) is 16.8 Å². The Kier molecular flexibility index (Phi) is 7.10. The van der Waals surface area contributed by atoms with Gasteiger partial charge in [-0.1, -0.05) is 53.5 Å². The molecule has 148 valence electrons. The number of carbonyl (C=O) groups excluding carboxylic acids is 2. The number of allylic oxidation sites excluding steroid dienone is 1. The smallest absolute Gasteiger partial charge is 0.333 e. The minimum Gasteiger partial charge on any atom is -0.333 e. The molecule has 9 heteroatoms. The van der Waals surface area contributed by atoms with E-state index in [1.165, 1.54) is 49.5 Å². The van der Waals surface area contributed by atoms with Crippen molar-refractivity contribution in [3.63, 3.8) is 0 Å². The molecule has 0 atom stereocenters. The Balaban J connectivity index is 2.10. The van der Waals surface area contributed by atoms with Gasteiger partial charge >= 0.3 is 6.18 Å². The lowest BCUT2D eigenvalue weighted by molar-refractivity contribution is -0.129. The number of nitrogens with zero attached hydrogens (tertiary/aromatic N) is 1. The Morgan fingerprint density at radius 3 is 2.29 bits per heavy atom. The second-order valence-electron chi connectivity index (χ2n) is 5.79. The van der Waals surface area contributed by atoms with Crippen LogP contribution in [0.25, 0.3) is 5.57 Å². The molecule has 0 aromatic heterocycles. The summed E-state index contributed by atoms with van der Waals surface area (Å²) in [6.45, 7) is -0.449. The maximum absolute atomic E-state index is 13.3. The highest BCUT2D eigenvalue weighted by molar-refractivity contribution is 6.42. The number of anilines is 1. The third kappa shape index (κ3) is 6.00. The molecule has 2 rings (SSSR count). The van der Waals surface area contributed by atoms with Gasteiger partial charge in [0.25, 0.3) is 0 Å². The van der Waals surface area contributed by atoms with Crippen molar-refractivity contribution in [2.24, 2.45) is 0 Å². The minimum absolute atomic E-state index is 0.142. The molecule has 2 aromatic rings. The third-order valence-corrected chi connectivity index (χ3v) is 4.36. The number of alkyl halides is 3. The molecular weight excluding hydrogens is 416 g/mol. The second kappa shape index (κ2) is 9.12. The largest absolute Gasteiger partial charge is 0.417 e. The van der Waals surface area contributed by atoms with Gasteiger partial charge in [-0.15, -0.1) is 0 Å². The van der Waals surface area contributed by atoms with Crippen LogP contribution in [0.5, 0.6) is 0 Å². The number of benzene rings is 2. The van der Waals surface area contributed by atoms with Crippen molar-refractivity contribution in [2.45, 2.75) is 6.18 Å². The van der Waals surface area contributed by atoms with Crippen LogP contribution in [-0.4, -0.2) is 36.5 Å². The zero-order valence-corrected chi connectivity index (χ0v) is 16.1. The first-order chi connectivity index (χ1) is 13.1. The molecular formula is C19H15Cl2F3N2O2. The van der Waals surface area contributed by atoms with Gasteiger partial charge in [-0.25, -0.2) is 0 Å². The highest BCUT2D eigenvalue weighted by Gasteiger charge is 2.35. The summed E-state index contributed by atoms with van der Waals surface area (Å²) in [6.07, 6.45) is -4.25. The van der Waals surface area contributed by atoms with Gasteiger partial charge in [0.1, 0.15) is 0 Å². The van der Waals surface area contributed by atoms with Gasteiger partial charge in [0.05, 0.1) is 22.2 Å². The highest BCUT2D eigenvalue weighted by atomic mass is 35.5. The molecule has 0 bridgehead atoms. The van der Waals surface area contributed by atoms with E-state index in [1.807, 2.05) is 0 Å². The van der Waals surface area contributed by atoms with Crippen LogP contribution in [0, 0.1) is 0 Å². The summed E-state index contributed by atoms with van der Waals surface area (Å²) in [7, 11) is 1.23. The van der Waals surface area contributed by atoms with E-state index in [9.17, 15) is 22.8 Å². The number of halogens is 5. The van der Waals surface area contributed by atoms with Crippen LogP contribution in [0.1, 0.15) is 5.56 Å². The van der Waals surface area contributed by atoms with E-state index in [1.54, 1.807) is 6.07 Å². The van der Waals surface area contributed by atoms with Crippen molar-refractivity contribution >= 4 is 46.3 Å². The summed E-state index contributed by atoms with van der Waals surface area (Å²) in [6, 6.07) is 11.4. The molecule has 0 saturated carbocycles. The first-order valence-corrected chi connectivity index (χ1v) is 8.68. The van der Waals surface area contributed by atoms with Crippen molar-refractivity contribution in [3.05, 3.63) is 70.2 Å². The molecule has 2 aromatic carbocycles. The molecule has 0 heterocycles. The van der Waals surface area contributed by atoms with Gasteiger partial charge in [-0.2, -0.15) is 13.2 Å². The van der Waals surface area contributed by atoms with Crippen molar-refractivity contribution in [3.8, 4) is 0 Å². The third-order valence-electron chi connectivity index (χ3n) is 3.62. The van der Waals surface area contributed by atoms with E-state index < -0.39 is 30.1 Å². The van der Waals surface area contributed by atoms with Gasteiger partial charge in [0.15, 0.2) is 0 Å². The average molecular weight is 431 g/mol. The summed E-state index contributed by atoms with van der Waals surface area (Å²) in [5.74, 6) is -1.56. The lowest BCUT2D eigenvalue weighted by Gasteiger charge is -2.17. The molecule has 0 saturated heterocycles. The van der Waals surface area contributed by atoms with Crippen LogP contribution in [0.3, 0.4) is 0 Å². The first kappa shape index (κ1) is 21.8. The van der Waals surface area contributed by atoms with E-state index >= 15 is 0 Å². The zero-order chi connectivity index (χ0) is 20.9. The van der Waals surface area contributed by atoms with E-state index in [0.717, 1.165) is 4.90 Å². The van der Waals surface area contributed by atoms with Gasteiger partial charge in [-0.3, -0.25) is 9.59 Å². The molecule has 0 aliphatic carbocycles. The number of amides is 2. The number of likely N-dealkylation sites (N-methyl/N-ethyl adjacent to an activating group) is 1. The maximum atomic E-state index is 13.3. The first-order valence-electron chi connectivity index (χ1n) is 7.92. The van der Waals surface area contributed by atoms with Gasteiger partial charge in [0.2, 0.25) is 11.8 Å². The fourth-order valence-corrected chi connectivity index (χ4v) is 2.55. The standard InChI is InChI=1S/C19H15Cl2F3N2O2/c1-26(11-17(27)25-13-7-8-15(20)16(21)9-13)18(28)10-14(19(22,23)24)12-5-3-2-4-6-12/h2-10H,11H2,1H3,(H,25,27)/b14-10-. The van der Waals surface area contributed by atoms with E-state index in [-0.39, 0.29) is 10.6 Å². The van der Waals surface area contributed by atoms with Crippen molar-refractivity contribution in [1.29, 1.82) is 0 Å². The molecule has 1 N–H and O–H groups in total. The summed E-state index contributed by atoms with van der Waals surface area (Å²) in [4.78, 5) is 25.1. The number of hydrogen-bond donors (Lipinski definition) is 1. The van der Waals surface area contributed by atoms with Crippen LogP contribution >= 0.6 is 23.2 Å². The Morgan fingerprint density at radius 2 is 1.71 bits per heavy atom. The van der Waals surface area contributed by atoms with E-state index in [4.69, 9.17) is 23.2 Å². The molecule has 2 amide bonds. The zero-order valence-electron chi connectivity index (χ0n) is 14.6. The minimum atomic E-state index is -4.72. The van der Waals surface area contributed by atoms with Crippen molar-refractivity contribution in [1.82, 2.24) is 4.90 Å². The monoisotopic (exact) mass is 430 g/mol. The topological polar surface area (TPSA) is 49.4 Å². The van der Waals surface area contributed by atoms with Crippen LogP contribution in [0.4, 0.5) is 18.9 Å². The summed E-state index contributed by atoms with van der Waals surface area (Å²) in [5.41, 5.74) is -0.886. The number of rotatable bonds is 5. The lowest BCUT2D eigenvalue weighted by Crippen LogP contribution is -2.34. The molecule has 0 aliphatic heterocycles. The van der Waals surface area contributed by atoms with Crippen LogP contribution < -0.4 is 5.32 Å². The van der Waals surface area contributed by atoms with Crippen molar-refractivity contribution < 1.29 is 22.8 Å².